The first-order valence-corrected chi connectivity index (χ1v) is 9.84. The molecule has 0 saturated heterocycles. The Labute approximate surface area is 174 Å². The first-order chi connectivity index (χ1) is 14.2. The second kappa shape index (κ2) is 8.49. The van der Waals surface area contributed by atoms with Gasteiger partial charge in [-0.05, 0) is 34.7 Å². The van der Waals surface area contributed by atoms with E-state index in [-0.39, 0.29) is 34.0 Å². The summed E-state index contributed by atoms with van der Waals surface area (Å²) in [5.74, 6) is -0.677. The predicted octanol–water partition coefficient (Wildman–Crippen LogP) is 4.20. The fraction of sp³-hybridized carbons (Fsp3) is 0.304. The van der Waals surface area contributed by atoms with E-state index < -0.39 is 16.7 Å². The molecule has 7 nitrogen and oxygen atoms in total. The molecule has 7 heteroatoms. The van der Waals surface area contributed by atoms with E-state index in [2.05, 4.69) is 24.1 Å². The zero-order valence-corrected chi connectivity index (χ0v) is 17.4. The summed E-state index contributed by atoms with van der Waals surface area (Å²) in [5, 5.41) is 27.9. The van der Waals surface area contributed by atoms with Gasteiger partial charge in [0.2, 0.25) is 5.91 Å². The number of carbonyl (C=O) groups is 1. The van der Waals surface area contributed by atoms with Gasteiger partial charge in [-0.3, -0.25) is 19.9 Å². The summed E-state index contributed by atoms with van der Waals surface area (Å²) >= 11 is 0. The number of nitrogens with one attached hydrogen (secondary N) is 1. The van der Waals surface area contributed by atoms with Gasteiger partial charge in [-0.2, -0.15) is 0 Å². The maximum Gasteiger partial charge on any atom is 0.279 e. The topological polar surface area (TPSA) is 108 Å². The molecule has 0 aliphatic rings. The third-order valence-corrected chi connectivity index (χ3v) is 5.11. The molecule has 0 unspecified atom stereocenters. The van der Waals surface area contributed by atoms with E-state index in [0.29, 0.717) is 11.5 Å². The normalized spacial score (nSPS) is 12.3. The number of carbonyl (C=O) groups excluding carboxylic acids is 1. The summed E-state index contributed by atoms with van der Waals surface area (Å²) in [6.45, 7) is 7.63. The van der Waals surface area contributed by atoms with Crippen LogP contribution >= 0.6 is 0 Å². The lowest BCUT2D eigenvalue weighted by atomic mass is 9.93. The molecule has 0 fully saturated rings. The number of amides is 1. The molecule has 1 aromatic heterocycles. The van der Waals surface area contributed by atoms with Gasteiger partial charge >= 0.3 is 0 Å². The van der Waals surface area contributed by atoms with Crippen molar-refractivity contribution in [2.24, 2.45) is 5.92 Å². The lowest BCUT2D eigenvalue weighted by Crippen LogP contribution is -2.33. The molecule has 3 aromatic rings. The van der Waals surface area contributed by atoms with Gasteiger partial charge in [-0.25, -0.2) is 0 Å². The first-order valence-electron chi connectivity index (χ1n) is 9.84. The van der Waals surface area contributed by atoms with Crippen LogP contribution in [0.2, 0.25) is 0 Å². The van der Waals surface area contributed by atoms with Gasteiger partial charge in [-0.1, -0.05) is 57.7 Å². The molecule has 1 heterocycles. The van der Waals surface area contributed by atoms with Gasteiger partial charge in [0.1, 0.15) is 0 Å². The van der Waals surface area contributed by atoms with E-state index in [1.165, 1.54) is 18.3 Å². The van der Waals surface area contributed by atoms with Gasteiger partial charge in [0.25, 0.3) is 5.69 Å². The quantitative estimate of drug-likeness (QED) is 0.487. The number of aromatic nitrogens is 1. The molecule has 30 heavy (non-hydrogen) atoms. The highest BCUT2D eigenvalue weighted by atomic mass is 16.6. The molecule has 1 atom stereocenters. The number of non-ortho nitro benzene ring substituents is 1. The Morgan fingerprint density at radius 1 is 1.07 bits per heavy atom. The largest absolute Gasteiger partial charge is 0.871 e. The second-order valence-corrected chi connectivity index (χ2v) is 7.89. The van der Waals surface area contributed by atoms with E-state index in [9.17, 15) is 20.0 Å². The van der Waals surface area contributed by atoms with E-state index >= 15 is 0 Å². The highest BCUT2D eigenvalue weighted by Crippen LogP contribution is 2.38. The Hall–Kier alpha value is -3.48. The standard InChI is InChI=1S/C23H25N3O4/c1-13(2)15-7-9-16(10-8-15)20(25-23(28)14(3)4)18-12-19(26(29)30)17-6-5-11-24-21(17)22(18)27/h5-14,20,27H,1-4H3,(H,25,28)/p-1/t20-/m1/s1. The number of hydrogen-bond acceptors (Lipinski definition) is 5. The van der Waals surface area contributed by atoms with Crippen LogP contribution < -0.4 is 10.4 Å². The number of rotatable bonds is 6. The van der Waals surface area contributed by atoms with Gasteiger partial charge in [0.15, 0.2) is 0 Å². The second-order valence-electron chi connectivity index (χ2n) is 7.89. The van der Waals surface area contributed by atoms with Crippen molar-refractivity contribution >= 4 is 22.5 Å². The Bertz CT molecular complexity index is 1090. The molecule has 0 radical (unpaired) electrons. The summed E-state index contributed by atoms with van der Waals surface area (Å²) in [6.07, 6.45) is 1.43. The van der Waals surface area contributed by atoms with Crippen LogP contribution in [0.5, 0.6) is 5.75 Å². The van der Waals surface area contributed by atoms with Crippen molar-refractivity contribution in [3.05, 3.63) is 75.5 Å². The monoisotopic (exact) mass is 406 g/mol. The number of nitro groups is 1. The van der Waals surface area contributed by atoms with Crippen LogP contribution in [-0.4, -0.2) is 15.8 Å². The van der Waals surface area contributed by atoms with E-state index in [4.69, 9.17) is 0 Å². The van der Waals surface area contributed by atoms with Crippen molar-refractivity contribution in [3.8, 4) is 5.75 Å². The average Bonchev–Trinajstić information content (AvgIpc) is 2.72. The number of benzene rings is 2. The van der Waals surface area contributed by atoms with Crippen LogP contribution in [0.15, 0.2) is 48.7 Å². The number of fused-ring (bicyclic) bond motifs is 1. The molecule has 1 amide bonds. The van der Waals surface area contributed by atoms with Gasteiger partial charge in [0, 0.05) is 18.2 Å². The van der Waals surface area contributed by atoms with Gasteiger partial charge in [0.05, 0.1) is 21.9 Å². The zero-order chi connectivity index (χ0) is 22.0. The highest BCUT2D eigenvalue weighted by Gasteiger charge is 2.24. The van der Waals surface area contributed by atoms with Crippen LogP contribution in [0.4, 0.5) is 5.69 Å². The number of nitrogens with zero attached hydrogens (tertiary/aromatic N) is 2. The molecule has 0 aliphatic carbocycles. The fourth-order valence-corrected chi connectivity index (χ4v) is 3.31. The SMILES string of the molecule is CC(C)C(=O)N[C@H](c1ccc(C(C)C)cc1)c1cc([N+](=O)[O-])c2cccnc2c1[O-]. The molecule has 3 rings (SSSR count). The maximum absolute atomic E-state index is 13.2. The molecule has 0 saturated carbocycles. The van der Waals surface area contributed by atoms with Crippen LogP contribution in [0.1, 0.15) is 56.3 Å². The Morgan fingerprint density at radius 2 is 1.70 bits per heavy atom. The molecule has 0 spiro atoms. The molecule has 2 aromatic carbocycles. The van der Waals surface area contributed by atoms with Gasteiger partial charge in [-0.15, -0.1) is 0 Å². The number of pyridine rings is 1. The zero-order valence-electron chi connectivity index (χ0n) is 17.4. The smallest absolute Gasteiger partial charge is 0.279 e. The van der Waals surface area contributed by atoms with Crippen LogP contribution in [0, 0.1) is 16.0 Å². The van der Waals surface area contributed by atoms with Crippen LogP contribution in [0.3, 0.4) is 0 Å². The third kappa shape index (κ3) is 4.10. The van der Waals surface area contributed by atoms with Crippen molar-refractivity contribution in [1.29, 1.82) is 0 Å². The van der Waals surface area contributed by atoms with E-state index in [0.717, 1.165) is 5.56 Å². The molecule has 1 N–H and O–H groups in total. The summed E-state index contributed by atoms with van der Waals surface area (Å²) in [7, 11) is 0. The lowest BCUT2D eigenvalue weighted by molar-refractivity contribution is -0.383. The van der Waals surface area contributed by atoms with Gasteiger partial charge < -0.3 is 10.4 Å². The first kappa shape index (κ1) is 21.2. The summed E-state index contributed by atoms with van der Waals surface area (Å²) < 4.78 is 0. The predicted molar refractivity (Wildman–Crippen MR) is 113 cm³/mol. The molecule has 0 aliphatic heterocycles. The minimum atomic E-state index is -0.821. The summed E-state index contributed by atoms with van der Waals surface area (Å²) in [6, 6.07) is 11.1. The highest BCUT2D eigenvalue weighted by molar-refractivity contribution is 5.93. The minimum Gasteiger partial charge on any atom is -0.871 e. The third-order valence-electron chi connectivity index (χ3n) is 5.11. The Balaban J connectivity index is 2.22. The van der Waals surface area contributed by atoms with Crippen molar-refractivity contribution in [2.75, 3.05) is 0 Å². The molecule has 156 valence electrons. The summed E-state index contributed by atoms with van der Waals surface area (Å²) in [5.41, 5.74) is 1.72. The average molecular weight is 406 g/mol. The number of nitro benzene ring substituents is 1. The number of hydrogen-bond donors (Lipinski definition) is 1. The molecular weight excluding hydrogens is 382 g/mol. The molecule has 0 bridgehead atoms. The summed E-state index contributed by atoms with van der Waals surface area (Å²) in [4.78, 5) is 27.7. The Kier molecular flexibility index (Phi) is 6.01. The van der Waals surface area contributed by atoms with Crippen molar-refractivity contribution in [2.45, 2.75) is 39.7 Å². The fourth-order valence-electron chi connectivity index (χ4n) is 3.31. The van der Waals surface area contributed by atoms with E-state index in [1.54, 1.807) is 19.9 Å². The van der Waals surface area contributed by atoms with Crippen LogP contribution in [-0.2, 0) is 4.79 Å². The molecular formula is C23H24N3O4-. The minimum absolute atomic E-state index is 0.0179. The maximum atomic E-state index is 13.2. The van der Waals surface area contributed by atoms with Crippen molar-refractivity contribution < 1.29 is 14.8 Å². The van der Waals surface area contributed by atoms with Crippen molar-refractivity contribution in [3.63, 3.8) is 0 Å². The lowest BCUT2D eigenvalue weighted by Gasteiger charge is -2.26. The van der Waals surface area contributed by atoms with E-state index in [1.807, 2.05) is 24.3 Å². The van der Waals surface area contributed by atoms with Crippen LogP contribution in [0.25, 0.3) is 10.9 Å². The Morgan fingerprint density at radius 3 is 2.27 bits per heavy atom. The van der Waals surface area contributed by atoms with Crippen molar-refractivity contribution in [1.82, 2.24) is 10.3 Å².